The van der Waals surface area contributed by atoms with Crippen LogP contribution in [0.1, 0.15) is 18.4 Å². The zero-order valence-electron chi connectivity index (χ0n) is 8.74. The van der Waals surface area contributed by atoms with Crippen LogP contribution in [-0.4, -0.2) is 18.9 Å². The van der Waals surface area contributed by atoms with E-state index in [4.69, 9.17) is 16.9 Å². The lowest BCUT2D eigenvalue weighted by Gasteiger charge is -2.28. The lowest BCUT2D eigenvalue weighted by atomic mass is 10.1. The van der Waals surface area contributed by atoms with Gasteiger partial charge in [-0.2, -0.15) is 5.26 Å². The van der Waals surface area contributed by atoms with Crippen molar-refractivity contribution in [2.24, 2.45) is 0 Å². The standard InChI is InChI=1S/C12H11ClN2O/c13-10-1-2-12(9(7-10)8-14)15-5-3-11(16)4-6-15/h1-2,7H,3-6H2. The molecule has 1 aliphatic rings. The van der Waals surface area contributed by atoms with Crippen LogP contribution >= 0.6 is 11.6 Å². The highest BCUT2D eigenvalue weighted by atomic mass is 35.5. The first-order valence-electron chi connectivity index (χ1n) is 5.17. The second kappa shape index (κ2) is 4.54. The van der Waals surface area contributed by atoms with E-state index in [9.17, 15) is 4.79 Å². The van der Waals surface area contributed by atoms with Gasteiger partial charge in [-0.1, -0.05) is 11.6 Å². The summed E-state index contributed by atoms with van der Waals surface area (Å²) < 4.78 is 0. The second-order valence-corrected chi connectivity index (χ2v) is 4.24. The van der Waals surface area contributed by atoms with Crippen LogP contribution in [0.4, 0.5) is 5.69 Å². The van der Waals surface area contributed by atoms with Crippen molar-refractivity contribution < 1.29 is 4.79 Å². The minimum atomic E-state index is 0.295. The van der Waals surface area contributed by atoms with E-state index in [2.05, 4.69) is 11.0 Å². The summed E-state index contributed by atoms with van der Waals surface area (Å²) in [5.74, 6) is 0.295. The van der Waals surface area contributed by atoms with Gasteiger partial charge in [-0.05, 0) is 18.2 Å². The van der Waals surface area contributed by atoms with Crippen LogP contribution in [-0.2, 0) is 4.79 Å². The van der Waals surface area contributed by atoms with E-state index in [1.807, 2.05) is 6.07 Å². The fourth-order valence-corrected chi connectivity index (χ4v) is 2.04. The summed E-state index contributed by atoms with van der Waals surface area (Å²) in [5, 5.41) is 9.59. The van der Waals surface area contributed by atoms with Crippen molar-refractivity contribution in [3.63, 3.8) is 0 Å². The van der Waals surface area contributed by atoms with Crippen molar-refractivity contribution in [2.45, 2.75) is 12.8 Å². The normalized spacial score (nSPS) is 16.0. The molecule has 1 fully saturated rings. The van der Waals surface area contributed by atoms with E-state index in [1.54, 1.807) is 12.1 Å². The predicted molar refractivity (Wildman–Crippen MR) is 62.6 cm³/mol. The summed E-state index contributed by atoms with van der Waals surface area (Å²) in [6, 6.07) is 7.41. The molecule has 2 rings (SSSR count). The molecule has 1 heterocycles. The molecule has 0 N–H and O–H groups in total. The number of benzene rings is 1. The first-order valence-corrected chi connectivity index (χ1v) is 5.55. The minimum Gasteiger partial charge on any atom is -0.370 e. The molecule has 0 amide bonds. The van der Waals surface area contributed by atoms with Crippen molar-refractivity contribution >= 4 is 23.1 Å². The maximum absolute atomic E-state index is 11.1. The van der Waals surface area contributed by atoms with E-state index in [-0.39, 0.29) is 0 Å². The Morgan fingerprint density at radius 3 is 2.62 bits per heavy atom. The molecular formula is C12H11ClN2O. The molecule has 1 aromatic carbocycles. The van der Waals surface area contributed by atoms with Crippen LogP contribution in [0.3, 0.4) is 0 Å². The van der Waals surface area contributed by atoms with Gasteiger partial charge in [0.2, 0.25) is 0 Å². The Morgan fingerprint density at radius 1 is 1.31 bits per heavy atom. The summed E-state index contributed by atoms with van der Waals surface area (Å²) in [5.41, 5.74) is 1.45. The van der Waals surface area contributed by atoms with E-state index in [0.717, 1.165) is 5.69 Å². The minimum absolute atomic E-state index is 0.295. The van der Waals surface area contributed by atoms with Crippen molar-refractivity contribution in [1.82, 2.24) is 0 Å². The molecule has 1 saturated heterocycles. The van der Waals surface area contributed by atoms with Gasteiger partial charge in [0.1, 0.15) is 11.9 Å². The van der Waals surface area contributed by atoms with Crippen LogP contribution in [0.5, 0.6) is 0 Å². The van der Waals surface area contributed by atoms with E-state index in [1.165, 1.54) is 0 Å². The third-order valence-electron chi connectivity index (χ3n) is 2.74. The summed E-state index contributed by atoms with van der Waals surface area (Å²) in [7, 11) is 0. The molecule has 0 saturated carbocycles. The molecule has 0 radical (unpaired) electrons. The largest absolute Gasteiger partial charge is 0.370 e. The fourth-order valence-electron chi connectivity index (χ4n) is 1.87. The number of carbonyl (C=O) groups excluding carboxylic acids is 1. The Hall–Kier alpha value is -1.53. The highest BCUT2D eigenvalue weighted by Gasteiger charge is 2.18. The lowest BCUT2D eigenvalue weighted by molar-refractivity contribution is -0.119. The number of rotatable bonds is 1. The predicted octanol–water partition coefficient (Wildman–Crippen LogP) is 2.38. The molecular weight excluding hydrogens is 224 g/mol. The van der Waals surface area contributed by atoms with Crippen LogP contribution in [0.15, 0.2) is 18.2 Å². The maximum Gasteiger partial charge on any atom is 0.136 e. The summed E-state index contributed by atoms with van der Waals surface area (Å²) in [6.07, 6.45) is 1.13. The fraction of sp³-hybridized carbons (Fsp3) is 0.333. The van der Waals surface area contributed by atoms with Gasteiger partial charge in [-0.3, -0.25) is 4.79 Å². The van der Waals surface area contributed by atoms with E-state index >= 15 is 0 Å². The first kappa shape index (κ1) is 11.0. The van der Waals surface area contributed by atoms with Crippen LogP contribution < -0.4 is 4.90 Å². The average Bonchev–Trinajstić information content (AvgIpc) is 2.30. The van der Waals surface area contributed by atoms with Gasteiger partial charge in [0.15, 0.2) is 0 Å². The Bertz CT molecular complexity index is 455. The number of hydrogen-bond donors (Lipinski definition) is 0. The Labute approximate surface area is 99.2 Å². The second-order valence-electron chi connectivity index (χ2n) is 3.80. The smallest absolute Gasteiger partial charge is 0.136 e. The third-order valence-corrected chi connectivity index (χ3v) is 2.98. The van der Waals surface area contributed by atoms with Gasteiger partial charge in [0.25, 0.3) is 0 Å². The number of halogens is 1. The molecule has 0 unspecified atom stereocenters. The van der Waals surface area contributed by atoms with Gasteiger partial charge in [-0.15, -0.1) is 0 Å². The molecule has 3 nitrogen and oxygen atoms in total. The SMILES string of the molecule is N#Cc1cc(Cl)ccc1N1CCC(=O)CC1. The van der Waals surface area contributed by atoms with Crippen LogP contribution in [0, 0.1) is 11.3 Å². The van der Waals surface area contributed by atoms with E-state index < -0.39 is 0 Å². The highest BCUT2D eigenvalue weighted by molar-refractivity contribution is 6.30. The number of nitrogens with zero attached hydrogens (tertiary/aromatic N) is 2. The third kappa shape index (κ3) is 2.17. The van der Waals surface area contributed by atoms with Crippen molar-refractivity contribution in [2.75, 3.05) is 18.0 Å². The number of ketones is 1. The average molecular weight is 235 g/mol. The molecule has 1 aromatic rings. The van der Waals surface area contributed by atoms with Gasteiger partial charge in [0, 0.05) is 31.0 Å². The number of hydrogen-bond acceptors (Lipinski definition) is 3. The van der Waals surface area contributed by atoms with Crippen LogP contribution in [0.25, 0.3) is 0 Å². The quantitative estimate of drug-likeness (QED) is 0.750. The summed E-state index contributed by atoms with van der Waals surface area (Å²) >= 11 is 5.83. The Morgan fingerprint density at radius 2 is 2.00 bits per heavy atom. The number of carbonyl (C=O) groups is 1. The molecule has 0 aromatic heterocycles. The van der Waals surface area contributed by atoms with E-state index in [0.29, 0.717) is 42.3 Å². The van der Waals surface area contributed by atoms with Gasteiger partial charge >= 0.3 is 0 Å². The summed E-state index contributed by atoms with van der Waals surface area (Å²) in [4.78, 5) is 13.2. The maximum atomic E-state index is 11.1. The van der Waals surface area contributed by atoms with Crippen molar-refractivity contribution in [1.29, 1.82) is 5.26 Å². The molecule has 0 atom stereocenters. The Kier molecular flexibility index (Phi) is 3.12. The zero-order chi connectivity index (χ0) is 11.5. The molecule has 0 aliphatic carbocycles. The molecule has 4 heteroatoms. The molecule has 1 aliphatic heterocycles. The van der Waals surface area contributed by atoms with Gasteiger partial charge < -0.3 is 4.90 Å². The molecule has 16 heavy (non-hydrogen) atoms. The monoisotopic (exact) mass is 234 g/mol. The van der Waals surface area contributed by atoms with Crippen molar-refractivity contribution in [3.8, 4) is 6.07 Å². The summed E-state index contributed by atoms with van der Waals surface area (Å²) in [6.45, 7) is 1.38. The van der Waals surface area contributed by atoms with Gasteiger partial charge in [-0.25, -0.2) is 0 Å². The lowest BCUT2D eigenvalue weighted by Crippen LogP contribution is -2.34. The van der Waals surface area contributed by atoms with Crippen LogP contribution in [0.2, 0.25) is 5.02 Å². The Balaban J connectivity index is 2.27. The number of piperidine rings is 1. The molecule has 82 valence electrons. The van der Waals surface area contributed by atoms with Gasteiger partial charge in [0.05, 0.1) is 11.3 Å². The highest BCUT2D eigenvalue weighted by Crippen LogP contribution is 2.25. The topological polar surface area (TPSA) is 44.1 Å². The van der Waals surface area contributed by atoms with Crippen molar-refractivity contribution in [3.05, 3.63) is 28.8 Å². The molecule has 0 bridgehead atoms. The first-order chi connectivity index (χ1) is 7.70. The zero-order valence-corrected chi connectivity index (χ0v) is 9.50. The number of Topliss-reactive ketones (excluding diaryl/α,β-unsaturated/α-hetero) is 1. The number of nitriles is 1. The molecule has 0 spiro atoms. The number of anilines is 1.